The molecule has 0 radical (unpaired) electrons. The first kappa shape index (κ1) is 13.2. The fourth-order valence-corrected chi connectivity index (χ4v) is 2.06. The third-order valence-corrected chi connectivity index (χ3v) is 3.11. The van der Waals surface area contributed by atoms with Crippen molar-refractivity contribution < 1.29 is 14.3 Å². The molecule has 0 aliphatic carbocycles. The van der Waals surface area contributed by atoms with E-state index in [-0.39, 0.29) is 17.7 Å². The van der Waals surface area contributed by atoms with Gasteiger partial charge in [0.2, 0.25) is 0 Å². The maximum atomic E-state index is 12.0. The van der Waals surface area contributed by atoms with Crippen molar-refractivity contribution in [3.8, 4) is 11.5 Å². The maximum absolute atomic E-state index is 12.0. The highest BCUT2D eigenvalue weighted by Gasteiger charge is 2.21. The smallest absolute Gasteiger partial charge is 0.272 e. The molecule has 0 fully saturated rings. The van der Waals surface area contributed by atoms with Gasteiger partial charge in [-0.15, -0.1) is 0 Å². The van der Waals surface area contributed by atoms with Crippen LogP contribution in [0.4, 0.5) is 5.69 Å². The first-order valence-corrected chi connectivity index (χ1v) is 6.61. The summed E-state index contributed by atoms with van der Waals surface area (Å²) in [6.07, 6.45) is 1.29. The molecule has 2 aromatic rings. The minimum atomic E-state index is -0.324. The van der Waals surface area contributed by atoms with E-state index in [1.165, 1.54) is 6.20 Å². The van der Waals surface area contributed by atoms with E-state index in [4.69, 9.17) is 15.2 Å². The first-order valence-electron chi connectivity index (χ1n) is 6.61. The zero-order valence-corrected chi connectivity index (χ0v) is 11.3. The van der Waals surface area contributed by atoms with Crippen LogP contribution < -0.4 is 20.5 Å². The number of nitrogens with one attached hydrogen (secondary N) is 1. The van der Waals surface area contributed by atoms with Crippen molar-refractivity contribution in [3.05, 3.63) is 48.3 Å². The Bertz CT molecular complexity index is 660. The SMILES string of the molecule is Nc1cccnc1C(=O)NCC1COc2ccccc2O1. The number of hydrogen-bond donors (Lipinski definition) is 2. The van der Waals surface area contributed by atoms with Gasteiger partial charge in [0.05, 0.1) is 12.2 Å². The second-order valence-corrected chi connectivity index (χ2v) is 4.65. The highest BCUT2D eigenvalue weighted by atomic mass is 16.6. The number of benzene rings is 1. The molecule has 2 heterocycles. The van der Waals surface area contributed by atoms with Crippen LogP contribution in [-0.2, 0) is 0 Å². The second kappa shape index (κ2) is 5.70. The van der Waals surface area contributed by atoms with Gasteiger partial charge in [0, 0.05) is 6.20 Å². The summed E-state index contributed by atoms with van der Waals surface area (Å²) in [6, 6.07) is 10.8. The van der Waals surface area contributed by atoms with E-state index in [1.54, 1.807) is 12.1 Å². The van der Waals surface area contributed by atoms with Crippen LogP contribution in [0, 0.1) is 0 Å². The fraction of sp³-hybridized carbons (Fsp3) is 0.200. The van der Waals surface area contributed by atoms with Crippen molar-refractivity contribution in [1.29, 1.82) is 0 Å². The van der Waals surface area contributed by atoms with E-state index in [1.807, 2.05) is 24.3 Å². The highest BCUT2D eigenvalue weighted by Crippen LogP contribution is 2.30. The third kappa shape index (κ3) is 2.89. The molecule has 3 rings (SSSR count). The molecular weight excluding hydrogens is 270 g/mol. The molecule has 108 valence electrons. The van der Waals surface area contributed by atoms with Crippen molar-refractivity contribution >= 4 is 11.6 Å². The van der Waals surface area contributed by atoms with Crippen LogP contribution in [0.3, 0.4) is 0 Å². The lowest BCUT2D eigenvalue weighted by Crippen LogP contribution is -2.41. The van der Waals surface area contributed by atoms with Crippen molar-refractivity contribution in [2.75, 3.05) is 18.9 Å². The number of nitrogens with two attached hydrogens (primary N) is 1. The lowest BCUT2D eigenvalue weighted by atomic mass is 10.2. The molecule has 0 saturated heterocycles. The summed E-state index contributed by atoms with van der Waals surface area (Å²) in [7, 11) is 0. The number of ether oxygens (including phenoxy) is 2. The molecule has 1 aromatic heterocycles. The van der Waals surface area contributed by atoms with Gasteiger partial charge in [-0.1, -0.05) is 12.1 Å². The summed E-state index contributed by atoms with van der Waals surface area (Å²) < 4.78 is 11.3. The predicted octanol–water partition coefficient (Wildman–Crippen LogP) is 1.23. The fourth-order valence-electron chi connectivity index (χ4n) is 2.06. The average Bonchev–Trinajstić information content (AvgIpc) is 2.53. The van der Waals surface area contributed by atoms with Gasteiger partial charge in [-0.05, 0) is 24.3 Å². The normalized spacial score (nSPS) is 16.3. The molecule has 1 aromatic carbocycles. The quantitative estimate of drug-likeness (QED) is 0.886. The summed E-state index contributed by atoms with van der Waals surface area (Å²) in [5.41, 5.74) is 6.28. The van der Waals surface area contributed by atoms with E-state index in [9.17, 15) is 4.79 Å². The standard InChI is InChI=1S/C15H15N3O3/c16-11-4-3-7-17-14(11)15(19)18-8-10-9-20-12-5-1-2-6-13(12)21-10/h1-7,10H,8-9,16H2,(H,18,19). The number of nitrogens with zero attached hydrogens (tertiary/aromatic N) is 1. The van der Waals surface area contributed by atoms with Gasteiger partial charge in [-0.2, -0.15) is 0 Å². The largest absolute Gasteiger partial charge is 0.486 e. The van der Waals surface area contributed by atoms with Crippen molar-refractivity contribution in [3.63, 3.8) is 0 Å². The Morgan fingerprint density at radius 3 is 2.90 bits per heavy atom. The van der Waals surface area contributed by atoms with Gasteiger partial charge in [-0.3, -0.25) is 4.79 Å². The molecule has 0 spiro atoms. The minimum Gasteiger partial charge on any atom is -0.486 e. The van der Waals surface area contributed by atoms with Crippen LogP contribution in [0.2, 0.25) is 0 Å². The van der Waals surface area contributed by atoms with Gasteiger partial charge in [0.1, 0.15) is 12.7 Å². The number of hydrogen-bond acceptors (Lipinski definition) is 5. The molecule has 1 atom stereocenters. The molecule has 6 heteroatoms. The number of amides is 1. The summed E-state index contributed by atoms with van der Waals surface area (Å²) in [4.78, 5) is 16.0. The number of para-hydroxylation sites is 2. The molecule has 0 bridgehead atoms. The Kier molecular flexibility index (Phi) is 3.59. The van der Waals surface area contributed by atoms with Crippen molar-refractivity contribution in [1.82, 2.24) is 10.3 Å². The zero-order chi connectivity index (χ0) is 14.7. The lowest BCUT2D eigenvalue weighted by molar-refractivity contribution is 0.0787. The first-order chi connectivity index (χ1) is 10.2. The van der Waals surface area contributed by atoms with Gasteiger partial charge in [0.15, 0.2) is 17.2 Å². The van der Waals surface area contributed by atoms with Crippen molar-refractivity contribution in [2.45, 2.75) is 6.10 Å². The Morgan fingerprint density at radius 2 is 2.10 bits per heavy atom. The van der Waals surface area contributed by atoms with Gasteiger partial charge < -0.3 is 20.5 Å². The Balaban J connectivity index is 1.59. The molecule has 1 unspecified atom stereocenters. The summed E-state index contributed by atoms with van der Waals surface area (Å²) in [5, 5.41) is 2.75. The summed E-state index contributed by atoms with van der Waals surface area (Å²) in [6.45, 7) is 0.707. The monoisotopic (exact) mass is 285 g/mol. The zero-order valence-electron chi connectivity index (χ0n) is 11.3. The number of carbonyl (C=O) groups excluding carboxylic acids is 1. The minimum absolute atomic E-state index is 0.217. The molecule has 3 N–H and O–H groups in total. The highest BCUT2D eigenvalue weighted by molar-refractivity contribution is 5.96. The molecule has 1 amide bonds. The molecule has 1 aliphatic heterocycles. The number of rotatable bonds is 3. The molecular formula is C15H15N3O3. The summed E-state index contributed by atoms with van der Waals surface area (Å²) in [5.74, 6) is 1.07. The van der Waals surface area contributed by atoms with Crippen LogP contribution in [0.5, 0.6) is 11.5 Å². The Morgan fingerprint density at radius 1 is 1.29 bits per heavy atom. The number of anilines is 1. The third-order valence-electron chi connectivity index (χ3n) is 3.11. The van der Waals surface area contributed by atoms with Gasteiger partial charge in [-0.25, -0.2) is 4.98 Å². The second-order valence-electron chi connectivity index (χ2n) is 4.65. The van der Waals surface area contributed by atoms with Crippen LogP contribution in [-0.4, -0.2) is 30.1 Å². The van der Waals surface area contributed by atoms with Crippen LogP contribution in [0.1, 0.15) is 10.5 Å². The van der Waals surface area contributed by atoms with Gasteiger partial charge >= 0.3 is 0 Å². The molecule has 6 nitrogen and oxygen atoms in total. The van der Waals surface area contributed by atoms with Gasteiger partial charge in [0.25, 0.3) is 5.91 Å². The number of nitrogen functional groups attached to an aromatic ring is 1. The lowest BCUT2D eigenvalue weighted by Gasteiger charge is -2.26. The number of carbonyl (C=O) groups is 1. The molecule has 0 saturated carbocycles. The predicted molar refractivity (Wildman–Crippen MR) is 77.3 cm³/mol. The van der Waals surface area contributed by atoms with E-state index < -0.39 is 0 Å². The molecule has 21 heavy (non-hydrogen) atoms. The number of fused-ring (bicyclic) bond motifs is 1. The molecule has 1 aliphatic rings. The van der Waals surface area contributed by atoms with E-state index in [0.717, 1.165) is 0 Å². The van der Waals surface area contributed by atoms with E-state index in [2.05, 4.69) is 10.3 Å². The topological polar surface area (TPSA) is 86.5 Å². The number of pyridine rings is 1. The number of aromatic nitrogens is 1. The van der Waals surface area contributed by atoms with Crippen LogP contribution >= 0.6 is 0 Å². The van der Waals surface area contributed by atoms with Crippen molar-refractivity contribution in [2.24, 2.45) is 0 Å². The van der Waals surface area contributed by atoms with E-state index in [0.29, 0.717) is 30.3 Å². The average molecular weight is 285 g/mol. The summed E-state index contributed by atoms with van der Waals surface area (Å²) >= 11 is 0. The van der Waals surface area contributed by atoms with Crippen LogP contribution in [0.15, 0.2) is 42.6 Å². The van der Waals surface area contributed by atoms with Crippen LogP contribution in [0.25, 0.3) is 0 Å². The Hall–Kier alpha value is -2.76. The Labute approximate surface area is 121 Å². The van der Waals surface area contributed by atoms with E-state index >= 15 is 0 Å². The maximum Gasteiger partial charge on any atom is 0.272 e.